The van der Waals surface area contributed by atoms with Crippen molar-refractivity contribution in [3.8, 4) is 23.0 Å². The summed E-state index contributed by atoms with van der Waals surface area (Å²) in [6.07, 6.45) is 6.80. The highest BCUT2D eigenvalue weighted by atomic mass is 32.2. The standard InChI is InChI=1S/C46H50O12S/c1-33(2)43(47)55-31-11-7-5-9-29-53-37-17-13-35(14-18-37)45(49)57-39-21-25-41(26-22-39)59(51,52)42-27-23-40(24-28-42)58-46(50)36-15-19-38(20-16-36)54-30-10-6-8-12-32-56-44(48)34(3)4/h13-28H,1,3,5-12,29-32H2,2,4H3. The van der Waals surface area contributed by atoms with Gasteiger partial charge in [-0.3, -0.25) is 0 Å². The predicted molar refractivity (Wildman–Crippen MR) is 221 cm³/mol. The highest BCUT2D eigenvalue weighted by molar-refractivity contribution is 7.91. The Labute approximate surface area is 345 Å². The van der Waals surface area contributed by atoms with E-state index in [1.54, 1.807) is 62.4 Å². The van der Waals surface area contributed by atoms with Gasteiger partial charge < -0.3 is 28.4 Å². The second kappa shape index (κ2) is 23.3. The van der Waals surface area contributed by atoms with Gasteiger partial charge in [0.15, 0.2) is 0 Å². The Balaban J connectivity index is 1.16. The van der Waals surface area contributed by atoms with Crippen LogP contribution in [-0.2, 0) is 28.9 Å². The second-order valence-corrected chi connectivity index (χ2v) is 15.6. The highest BCUT2D eigenvalue weighted by Crippen LogP contribution is 2.26. The molecule has 4 aromatic rings. The van der Waals surface area contributed by atoms with Crippen LogP contribution in [0.25, 0.3) is 0 Å². The highest BCUT2D eigenvalue weighted by Gasteiger charge is 2.19. The van der Waals surface area contributed by atoms with E-state index in [1.807, 2.05) is 0 Å². The SMILES string of the molecule is C=C(C)C(=O)OCCCCCCOc1ccc(C(=O)Oc2ccc(S(=O)(=O)c3ccc(OC(=O)c4ccc(OCCCCCCOC(=O)C(=C)C)cc4)cc3)cc2)cc1. The fourth-order valence-electron chi connectivity index (χ4n) is 5.29. The van der Waals surface area contributed by atoms with Crippen LogP contribution in [-0.4, -0.2) is 58.7 Å². The van der Waals surface area contributed by atoms with Crippen molar-refractivity contribution in [1.82, 2.24) is 0 Å². The van der Waals surface area contributed by atoms with Gasteiger partial charge in [-0.15, -0.1) is 0 Å². The van der Waals surface area contributed by atoms with Gasteiger partial charge in [0.05, 0.1) is 47.3 Å². The maximum atomic E-state index is 13.3. The van der Waals surface area contributed by atoms with Crippen LogP contribution in [0.3, 0.4) is 0 Å². The minimum absolute atomic E-state index is 0.0151. The van der Waals surface area contributed by atoms with Gasteiger partial charge in [0.1, 0.15) is 23.0 Å². The molecule has 0 bridgehead atoms. The zero-order valence-electron chi connectivity index (χ0n) is 33.4. The summed E-state index contributed by atoms with van der Waals surface area (Å²) in [6, 6.07) is 24.0. The zero-order chi connectivity index (χ0) is 42.6. The maximum absolute atomic E-state index is 13.3. The van der Waals surface area contributed by atoms with Crippen molar-refractivity contribution in [2.45, 2.75) is 75.0 Å². The first kappa shape index (κ1) is 45.5. The maximum Gasteiger partial charge on any atom is 0.343 e. The molecule has 0 heterocycles. The molecule has 4 aromatic carbocycles. The number of sulfone groups is 1. The van der Waals surface area contributed by atoms with E-state index in [0.717, 1.165) is 51.4 Å². The van der Waals surface area contributed by atoms with E-state index in [4.69, 9.17) is 28.4 Å². The van der Waals surface area contributed by atoms with Crippen LogP contribution in [0.15, 0.2) is 131 Å². The van der Waals surface area contributed by atoms with Crippen molar-refractivity contribution < 1.29 is 56.0 Å². The smallest absolute Gasteiger partial charge is 0.343 e. The molecule has 312 valence electrons. The second-order valence-electron chi connectivity index (χ2n) is 13.6. The number of hydrogen-bond donors (Lipinski definition) is 0. The van der Waals surface area contributed by atoms with E-state index < -0.39 is 21.8 Å². The molecule has 0 spiro atoms. The minimum Gasteiger partial charge on any atom is -0.494 e. The third-order valence-electron chi connectivity index (χ3n) is 8.65. The Morgan fingerprint density at radius 1 is 0.441 bits per heavy atom. The van der Waals surface area contributed by atoms with E-state index in [2.05, 4.69) is 13.2 Å². The van der Waals surface area contributed by atoms with Crippen molar-refractivity contribution in [3.05, 3.63) is 132 Å². The molecule has 0 saturated carbocycles. The lowest BCUT2D eigenvalue weighted by Crippen LogP contribution is -2.09. The summed E-state index contributed by atoms with van der Waals surface area (Å²) in [6.45, 7) is 12.1. The molecule has 0 aromatic heterocycles. The first-order chi connectivity index (χ1) is 28.3. The minimum atomic E-state index is -3.94. The topological polar surface area (TPSA) is 158 Å². The number of hydrogen-bond acceptors (Lipinski definition) is 12. The van der Waals surface area contributed by atoms with Crippen LogP contribution in [0.1, 0.15) is 85.9 Å². The lowest BCUT2D eigenvalue weighted by molar-refractivity contribution is -0.139. The van der Waals surface area contributed by atoms with Gasteiger partial charge in [-0.25, -0.2) is 27.6 Å². The van der Waals surface area contributed by atoms with E-state index >= 15 is 0 Å². The first-order valence-electron chi connectivity index (χ1n) is 19.3. The van der Waals surface area contributed by atoms with Crippen molar-refractivity contribution in [2.24, 2.45) is 0 Å². The fraction of sp³-hybridized carbons (Fsp3) is 0.304. The van der Waals surface area contributed by atoms with Crippen LogP contribution < -0.4 is 18.9 Å². The van der Waals surface area contributed by atoms with Crippen LogP contribution in [0.5, 0.6) is 23.0 Å². The van der Waals surface area contributed by atoms with Crippen molar-refractivity contribution >= 4 is 33.7 Å². The Kier molecular flexibility index (Phi) is 17.9. The largest absolute Gasteiger partial charge is 0.494 e. The Morgan fingerprint density at radius 3 is 1.07 bits per heavy atom. The number of carbonyl (C=O) groups is 4. The van der Waals surface area contributed by atoms with Gasteiger partial charge in [-0.1, -0.05) is 13.2 Å². The quantitative estimate of drug-likeness (QED) is 0.0286. The number of benzene rings is 4. The molecule has 0 unspecified atom stereocenters. The van der Waals surface area contributed by atoms with Gasteiger partial charge in [0.2, 0.25) is 9.84 Å². The third-order valence-corrected chi connectivity index (χ3v) is 10.4. The Morgan fingerprint density at radius 2 is 0.746 bits per heavy atom. The monoisotopic (exact) mass is 826 g/mol. The molecule has 4 rings (SSSR count). The fourth-order valence-corrected chi connectivity index (χ4v) is 6.55. The summed E-state index contributed by atoms with van der Waals surface area (Å²) >= 11 is 0. The average molecular weight is 827 g/mol. The van der Waals surface area contributed by atoms with Crippen LogP contribution >= 0.6 is 0 Å². The first-order valence-corrected chi connectivity index (χ1v) is 20.8. The van der Waals surface area contributed by atoms with E-state index in [9.17, 15) is 27.6 Å². The van der Waals surface area contributed by atoms with Crippen molar-refractivity contribution in [2.75, 3.05) is 26.4 Å². The number of unbranched alkanes of at least 4 members (excludes halogenated alkanes) is 6. The van der Waals surface area contributed by atoms with E-state index in [-0.39, 0.29) is 33.2 Å². The summed E-state index contributed by atoms with van der Waals surface area (Å²) in [5.74, 6) is -0.448. The molecule has 0 aliphatic heterocycles. The molecule has 0 radical (unpaired) electrons. The van der Waals surface area contributed by atoms with Crippen molar-refractivity contribution in [3.63, 3.8) is 0 Å². The molecule has 12 nitrogen and oxygen atoms in total. The van der Waals surface area contributed by atoms with Gasteiger partial charge >= 0.3 is 23.9 Å². The average Bonchev–Trinajstić information content (AvgIpc) is 3.23. The molecule has 0 fully saturated rings. The van der Waals surface area contributed by atoms with Gasteiger partial charge in [-0.2, -0.15) is 0 Å². The lowest BCUT2D eigenvalue weighted by Gasteiger charge is -2.10. The predicted octanol–water partition coefficient (Wildman–Crippen LogP) is 9.07. The number of rotatable bonds is 24. The van der Waals surface area contributed by atoms with Crippen molar-refractivity contribution in [1.29, 1.82) is 0 Å². The zero-order valence-corrected chi connectivity index (χ0v) is 34.3. The molecule has 0 aliphatic carbocycles. The van der Waals surface area contributed by atoms with E-state index in [0.29, 0.717) is 60.2 Å². The summed E-state index contributed by atoms with van der Waals surface area (Å²) in [5, 5.41) is 0. The van der Waals surface area contributed by atoms with Gasteiger partial charge in [-0.05, 0) is 162 Å². The molecular formula is C46H50O12S. The molecule has 0 aliphatic rings. The summed E-state index contributed by atoms with van der Waals surface area (Å²) < 4.78 is 59.2. The molecule has 0 atom stereocenters. The molecule has 59 heavy (non-hydrogen) atoms. The molecule has 0 saturated heterocycles. The molecule has 0 N–H and O–H groups in total. The van der Waals surface area contributed by atoms with Crippen LogP contribution in [0, 0.1) is 0 Å². The Bertz CT molecular complexity index is 1990. The number of carbonyl (C=O) groups excluding carboxylic acids is 4. The number of esters is 4. The van der Waals surface area contributed by atoms with E-state index in [1.165, 1.54) is 48.5 Å². The van der Waals surface area contributed by atoms with Gasteiger partial charge in [0.25, 0.3) is 0 Å². The third kappa shape index (κ3) is 15.2. The summed E-state index contributed by atoms with van der Waals surface area (Å²) in [5.41, 5.74) is 1.36. The lowest BCUT2D eigenvalue weighted by atomic mass is 10.2. The van der Waals surface area contributed by atoms with Gasteiger partial charge in [0, 0.05) is 11.1 Å². The summed E-state index contributed by atoms with van der Waals surface area (Å²) in [4.78, 5) is 48.2. The van der Waals surface area contributed by atoms with Crippen LogP contribution in [0.2, 0.25) is 0 Å². The van der Waals surface area contributed by atoms with Crippen LogP contribution in [0.4, 0.5) is 0 Å². The Hall–Kier alpha value is -6.21. The molecule has 13 heteroatoms. The number of ether oxygens (including phenoxy) is 6. The summed E-state index contributed by atoms with van der Waals surface area (Å²) in [7, 11) is -3.94. The normalized spacial score (nSPS) is 10.9. The molecular weight excluding hydrogens is 777 g/mol. The molecule has 0 amide bonds.